The van der Waals surface area contributed by atoms with Crippen molar-refractivity contribution in [3.05, 3.63) is 65.2 Å². The Hall–Kier alpha value is -1.80. The molecule has 0 aliphatic heterocycles. The highest BCUT2D eigenvalue weighted by molar-refractivity contribution is 5.28. The Morgan fingerprint density at radius 3 is 2.30 bits per heavy atom. The highest BCUT2D eigenvalue weighted by atomic mass is 16.5. The molecular weight excluding hydrogens is 246 g/mol. The summed E-state index contributed by atoms with van der Waals surface area (Å²) in [5.41, 5.74) is 3.96. The first-order valence-corrected chi connectivity index (χ1v) is 7.12. The van der Waals surface area contributed by atoms with Gasteiger partial charge >= 0.3 is 0 Å². The van der Waals surface area contributed by atoms with Crippen LogP contribution in [0.15, 0.2) is 48.5 Å². The van der Waals surface area contributed by atoms with Gasteiger partial charge in [-0.3, -0.25) is 4.90 Å². The summed E-state index contributed by atoms with van der Waals surface area (Å²) < 4.78 is 5.28. The molecule has 0 heterocycles. The molecular formula is C18H23NO. The van der Waals surface area contributed by atoms with Crippen molar-refractivity contribution < 1.29 is 4.74 Å². The smallest absolute Gasteiger partial charge is 0.119 e. The second-order valence-corrected chi connectivity index (χ2v) is 5.14. The number of aryl methyl sites for hydroxylation is 1. The van der Waals surface area contributed by atoms with E-state index in [2.05, 4.69) is 55.1 Å². The van der Waals surface area contributed by atoms with E-state index in [1.165, 1.54) is 16.7 Å². The molecule has 2 nitrogen and oxygen atoms in total. The minimum atomic E-state index is 0.925. The first-order valence-electron chi connectivity index (χ1n) is 7.12. The van der Waals surface area contributed by atoms with Crippen LogP contribution < -0.4 is 4.74 Å². The predicted octanol–water partition coefficient (Wildman–Crippen LogP) is 4.03. The minimum Gasteiger partial charge on any atom is -0.497 e. The molecule has 0 bridgehead atoms. The van der Waals surface area contributed by atoms with Crippen molar-refractivity contribution in [3.63, 3.8) is 0 Å². The molecule has 0 atom stereocenters. The van der Waals surface area contributed by atoms with Crippen LogP contribution in [0.4, 0.5) is 0 Å². The summed E-state index contributed by atoms with van der Waals surface area (Å²) in [6, 6.07) is 17.1. The first-order chi connectivity index (χ1) is 9.71. The van der Waals surface area contributed by atoms with Gasteiger partial charge in [0.15, 0.2) is 0 Å². The molecule has 2 aromatic carbocycles. The van der Waals surface area contributed by atoms with Gasteiger partial charge in [0, 0.05) is 13.1 Å². The summed E-state index contributed by atoms with van der Waals surface area (Å²) in [4.78, 5) is 2.43. The molecule has 0 aliphatic carbocycles. The van der Waals surface area contributed by atoms with Crippen LogP contribution in [-0.4, -0.2) is 18.6 Å². The van der Waals surface area contributed by atoms with E-state index in [4.69, 9.17) is 4.74 Å². The van der Waals surface area contributed by atoms with Gasteiger partial charge in [-0.2, -0.15) is 0 Å². The standard InChI is InChI=1S/C18H23NO/c1-4-19(13-16-10-8-15(2)9-11-16)14-17-6-5-7-18(12-17)20-3/h5-12H,4,13-14H2,1-3H3. The van der Waals surface area contributed by atoms with Crippen LogP contribution in [0, 0.1) is 6.92 Å². The van der Waals surface area contributed by atoms with Gasteiger partial charge in [0.2, 0.25) is 0 Å². The Bertz CT molecular complexity index is 533. The topological polar surface area (TPSA) is 12.5 Å². The lowest BCUT2D eigenvalue weighted by Crippen LogP contribution is -2.22. The molecule has 0 saturated carbocycles. The van der Waals surface area contributed by atoms with E-state index >= 15 is 0 Å². The average Bonchev–Trinajstić information content (AvgIpc) is 2.49. The number of rotatable bonds is 6. The number of nitrogens with zero attached hydrogens (tertiary/aromatic N) is 1. The molecule has 0 radical (unpaired) electrons. The summed E-state index contributed by atoms with van der Waals surface area (Å²) in [6.07, 6.45) is 0. The molecule has 2 aromatic rings. The van der Waals surface area contributed by atoms with E-state index in [1.807, 2.05) is 12.1 Å². The number of methoxy groups -OCH3 is 1. The van der Waals surface area contributed by atoms with Gasteiger partial charge < -0.3 is 4.74 Å². The lowest BCUT2D eigenvalue weighted by Gasteiger charge is -2.21. The van der Waals surface area contributed by atoms with Gasteiger partial charge in [-0.15, -0.1) is 0 Å². The van der Waals surface area contributed by atoms with Gasteiger partial charge in [0.25, 0.3) is 0 Å². The normalized spacial score (nSPS) is 10.8. The van der Waals surface area contributed by atoms with Gasteiger partial charge in [-0.05, 0) is 36.7 Å². The van der Waals surface area contributed by atoms with Crippen molar-refractivity contribution in [2.75, 3.05) is 13.7 Å². The highest BCUT2D eigenvalue weighted by Crippen LogP contribution is 2.16. The van der Waals surface area contributed by atoms with Crippen molar-refractivity contribution in [1.29, 1.82) is 0 Å². The number of hydrogen-bond acceptors (Lipinski definition) is 2. The molecule has 2 rings (SSSR count). The van der Waals surface area contributed by atoms with Crippen LogP contribution in [0.2, 0.25) is 0 Å². The fourth-order valence-corrected chi connectivity index (χ4v) is 2.26. The maximum atomic E-state index is 5.28. The summed E-state index contributed by atoms with van der Waals surface area (Å²) in [5.74, 6) is 0.925. The maximum Gasteiger partial charge on any atom is 0.119 e. The monoisotopic (exact) mass is 269 g/mol. The maximum absolute atomic E-state index is 5.28. The minimum absolute atomic E-state index is 0.925. The zero-order valence-corrected chi connectivity index (χ0v) is 12.6. The molecule has 0 saturated heterocycles. The van der Waals surface area contributed by atoms with E-state index < -0.39 is 0 Å². The zero-order valence-electron chi connectivity index (χ0n) is 12.6. The fraction of sp³-hybridized carbons (Fsp3) is 0.333. The van der Waals surface area contributed by atoms with Crippen LogP contribution >= 0.6 is 0 Å². The third-order valence-corrected chi connectivity index (χ3v) is 3.51. The van der Waals surface area contributed by atoms with Crippen molar-refractivity contribution in [2.24, 2.45) is 0 Å². The van der Waals surface area contributed by atoms with E-state index in [0.717, 1.165) is 25.4 Å². The van der Waals surface area contributed by atoms with E-state index in [-0.39, 0.29) is 0 Å². The van der Waals surface area contributed by atoms with E-state index in [1.54, 1.807) is 7.11 Å². The third-order valence-electron chi connectivity index (χ3n) is 3.51. The van der Waals surface area contributed by atoms with Gasteiger partial charge in [0.1, 0.15) is 5.75 Å². The summed E-state index contributed by atoms with van der Waals surface area (Å²) in [7, 11) is 1.71. The number of benzene rings is 2. The van der Waals surface area contributed by atoms with E-state index in [9.17, 15) is 0 Å². The van der Waals surface area contributed by atoms with Crippen molar-refractivity contribution in [3.8, 4) is 5.75 Å². The summed E-state index contributed by atoms with van der Waals surface area (Å²) >= 11 is 0. The van der Waals surface area contributed by atoms with Crippen LogP contribution in [-0.2, 0) is 13.1 Å². The van der Waals surface area contributed by atoms with Crippen LogP contribution in [0.1, 0.15) is 23.6 Å². The molecule has 0 spiro atoms. The lowest BCUT2D eigenvalue weighted by atomic mass is 10.1. The van der Waals surface area contributed by atoms with Gasteiger partial charge in [-0.25, -0.2) is 0 Å². The molecule has 106 valence electrons. The SMILES string of the molecule is CCN(Cc1ccc(C)cc1)Cc1cccc(OC)c1. The average molecular weight is 269 g/mol. The fourth-order valence-electron chi connectivity index (χ4n) is 2.26. The molecule has 0 aliphatic rings. The van der Waals surface area contributed by atoms with E-state index in [0.29, 0.717) is 0 Å². The molecule has 0 aromatic heterocycles. The Morgan fingerprint density at radius 1 is 0.950 bits per heavy atom. The van der Waals surface area contributed by atoms with Crippen molar-refractivity contribution in [1.82, 2.24) is 4.90 Å². The van der Waals surface area contributed by atoms with Gasteiger partial charge in [-0.1, -0.05) is 48.9 Å². The first kappa shape index (κ1) is 14.6. The van der Waals surface area contributed by atoms with Crippen LogP contribution in [0.25, 0.3) is 0 Å². The highest BCUT2D eigenvalue weighted by Gasteiger charge is 2.05. The number of ether oxygens (including phenoxy) is 1. The molecule has 0 N–H and O–H groups in total. The lowest BCUT2D eigenvalue weighted by molar-refractivity contribution is 0.271. The second kappa shape index (κ2) is 7.11. The van der Waals surface area contributed by atoms with Crippen molar-refractivity contribution in [2.45, 2.75) is 26.9 Å². The molecule has 0 unspecified atom stereocenters. The third kappa shape index (κ3) is 4.10. The molecule has 20 heavy (non-hydrogen) atoms. The predicted molar refractivity (Wildman–Crippen MR) is 84.0 cm³/mol. The summed E-state index contributed by atoms with van der Waals surface area (Å²) in [5, 5.41) is 0. The zero-order chi connectivity index (χ0) is 14.4. The Morgan fingerprint density at radius 2 is 1.65 bits per heavy atom. The molecule has 2 heteroatoms. The Kier molecular flexibility index (Phi) is 5.19. The molecule has 0 fully saturated rings. The van der Waals surface area contributed by atoms with Crippen molar-refractivity contribution >= 4 is 0 Å². The Balaban J connectivity index is 2.02. The molecule has 0 amide bonds. The van der Waals surface area contributed by atoms with Crippen LogP contribution in [0.5, 0.6) is 5.75 Å². The van der Waals surface area contributed by atoms with Crippen LogP contribution in [0.3, 0.4) is 0 Å². The number of hydrogen-bond donors (Lipinski definition) is 0. The largest absolute Gasteiger partial charge is 0.497 e. The van der Waals surface area contributed by atoms with Gasteiger partial charge in [0.05, 0.1) is 7.11 Å². The summed E-state index contributed by atoms with van der Waals surface area (Å²) in [6.45, 7) is 7.28. The Labute approximate surface area is 122 Å². The quantitative estimate of drug-likeness (QED) is 0.785. The second-order valence-electron chi connectivity index (χ2n) is 5.14.